The summed E-state index contributed by atoms with van der Waals surface area (Å²) >= 11 is 3.52. The second kappa shape index (κ2) is 12.8. The molecular formula is C37H38N2S2. The van der Waals surface area contributed by atoms with Gasteiger partial charge in [0, 0.05) is 26.4 Å². The first-order valence-electron chi connectivity index (χ1n) is 14.3. The minimum Gasteiger partial charge on any atom is -0.372 e. The fourth-order valence-electron chi connectivity index (χ4n) is 5.31. The minimum atomic E-state index is -0.110. The quantitative estimate of drug-likeness (QED) is 0.168. The number of thiophene rings is 1. The van der Waals surface area contributed by atoms with Crippen LogP contribution in [0.3, 0.4) is 0 Å². The highest BCUT2D eigenvalue weighted by molar-refractivity contribution is 7.13. The van der Waals surface area contributed by atoms with Crippen LogP contribution in [0.25, 0.3) is 28.5 Å². The molecule has 0 radical (unpaired) electrons. The standard InChI is InChI=1S/C37H38N2S2/c1-7-8-17-28-22-33(26(6)41-28)34-23-40-37(38-34)36(32-19-13-12-18-31(32)27-15-10-9-11-16-27)39-35-29(24(2)3)20-14-21-30(35)25(4)5/h7-25,36,39H,1H2,2-6H3/b17-8-. The van der Waals surface area contributed by atoms with E-state index in [1.165, 1.54) is 48.8 Å². The van der Waals surface area contributed by atoms with Crippen LogP contribution in [0.5, 0.6) is 0 Å². The molecule has 1 N–H and O–H groups in total. The van der Waals surface area contributed by atoms with Crippen LogP contribution in [0, 0.1) is 6.92 Å². The molecule has 1 unspecified atom stereocenters. The van der Waals surface area contributed by atoms with Crippen LogP contribution in [-0.2, 0) is 0 Å². The third kappa shape index (κ3) is 6.29. The number of nitrogens with zero attached hydrogens (tertiary/aromatic N) is 1. The predicted molar refractivity (Wildman–Crippen MR) is 181 cm³/mol. The molecule has 2 aromatic heterocycles. The van der Waals surface area contributed by atoms with E-state index in [4.69, 9.17) is 4.98 Å². The van der Waals surface area contributed by atoms with Crippen molar-refractivity contribution in [3.05, 3.63) is 134 Å². The molecule has 0 aliphatic rings. The number of rotatable bonds is 10. The van der Waals surface area contributed by atoms with Gasteiger partial charge in [-0.15, -0.1) is 22.7 Å². The fourth-order valence-corrected chi connectivity index (χ4v) is 7.15. The van der Waals surface area contributed by atoms with Crippen molar-refractivity contribution in [2.75, 3.05) is 5.32 Å². The molecule has 4 heteroatoms. The largest absolute Gasteiger partial charge is 0.372 e. The number of thiazole rings is 1. The van der Waals surface area contributed by atoms with E-state index < -0.39 is 0 Å². The lowest BCUT2D eigenvalue weighted by molar-refractivity contribution is 0.820. The summed E-state index contributed by atoms with van der Waals surface area (Å²) in [6.07, 6.45) is 5.91. The summed E-state index contributed by atoms with van der Waals surface area (Å²) in [5, 5.41) is 7.33. The van der Waals surface area contributed by atoms with Crippen LogP contribution in [0.15, 0.2) is 103 Å². The number of aromatic nitrogens is 1. The Bertz CT molecular complexity index is 1630. The van der Waals surface area contributed by atoms with Crippen LogP contribution in [0.4, 0.5) is 5.69 Å². The van der Waals surface area contributed by atoms with Crippen LogP contribution in [0.2, 0.25) is 0 Å². The number of hydrogen-bond acceptors (Lipinski definition) is 4. The van der Waals surface area contributed by atoms with Crippen molar-refractivity contribution in [2.24, 2.45) is 0 Å². The van der Waals surface area contributed by atoms with Gasteiger partial charge in [0.15, 0.2) is 0 Å². The van der Waals surface area contributed by atoms with Gasteiger partial charge in [0.1, 0.15) is 11.0 Å². The van der Waals surface area contributed by atoms with Crippen molar-refractivity contribution in [3.8, 4) is 22.4 Å². The van der Waals surface area contributed by atoms with Gasteiger partial charge < -0.3 is 5.32 Å². The van der Waals surface area contributed by atoms with E-state index in [0.717, 1.165) is 10.7 Å². The molecule has 0 spiro atoms. The minimum absolute atomic E-state index is 0.110. The average Bonchev–Trinajstić information content (AvgIpc) is 3.61. The zero-order valence-electron chi connectivity index (χ0n) is 24.5. The van der Waals surface area contributed by atoms with Gasteiger partial charge >= 0.3 is 0 Å². The SMILES string of the molecule is C=C/C=C\c1cc(-c2csc(C(Nc3c(C(C)C)cccc3C(C)C)c3ccccc3-c3ccccc3)n2)c(C)s1. The molecule has 41 heavy (non-hydrogen) atoms. The Morgan fingerprint density at radius 2 is 1.46 bits per heavy atom. The molecule has 0 fully saturated rings. The first-order chi connectivity index (χ1) is 19.9. The summed E-state index contributed by atoms with van der Waals surface area (Å²) in [7, 11) is 0. The smallest absolute Gasteiger partial charge is 0.120 e. The number of aryl methyl sites for hydroxylation is 1. The number of benzene rings is 3. The van der Waals surface area contributed by atoms with Crippen molar-refractivity contribution < 1.29 is 0 Å². The highest BCUT2D eigenvalue weighted by Crippen LogP contribution is 2.41. The van der Waals surface area contributed by atoms with Gasteiger partial charge in [-0.1, -0.05) is 119 Å². The van der Waals surface area contributed by atoms with E-state index in [1.54, 1.807) is 22.7 Å². The Kier molecular flexibility index (Phi) is 9.02. The first kappa shape index (κ1) is 28.8. The molecule has 0 aliphatic heterocycles. The zero-order chi connectivity index (χ0) is 28.9. The second-order valence-corrected chi connectivity index (χ2v) is 13.1. The normalized spacial score (nSPS) is 12.4. The molecule has 0 saturated carbocycles. The zero-order valence-corrected chi connectivity index (χ0v) is 26.2. The van der Waals surface area contributed by atoms with Gasteiger partial charge in [-0.3, -0.25) is 0 Å². The Labute approximate surface area is 253 Å². The maximum atomic E-state index is 5.31. The molecule has 0 saturated heterocycles. The monoisotopic (exact) mass is 574 g/mol. The summed E-state index contributed by atoms with van der Waals surface area (Å²) in [5.41, 5.74) is 9.78. The Hall–Kier alpha value is -3.73. The van der Waals surface area contributed by atoms with Crippen molar-refractivity contribution in [1.82, 2.24) is 4.98 Å². The van der Waals surface area contributed by atoms with Gasteiger partial charge in [-0.05, 0) is 58.7 Å². The third-order valence-electron chi connectivity index (χ3n) is 7.40. The molecule has 0 amide bonds. The lowest BCUT2D eigenvalue weighted by Crippen LogP contribution is -2.17. The lowest BCUT2D eigenvalue weighted by Gasteiger charge is -2.27. The summed E-state index contributed by atoms with van der Waals surface area (Å²) in [4.78, 5) is 7.79. The molecular weight excluding hydrogens is 537 g/mol. The van der Waals surface area contributed by atoms with Gasteiger partial charge in [0.05, 0.1) is 5.69 Å². The summed E-state index contributed by atoms with van der Waals surface area (Å²) in [6, 6.07) is 28.3. The van der Waals surface area contributed by atoms with Crippen LogP contribution < -0.4 is 5.32 Å². The lowest BCUT2D eigenvalue weighted by atomic mass is 9.90. The summed E-state index contributed by atoms with van der Waals surface area (Å²) < 4.78 is 0. The van der Waals surface area contributed by atoms with E-state index in [-0.39, 0.29) is 6.04 Å². The van der Waals surface area contributed by atoms with Crippen molar-refractivity contribution in [1.29, 1.82) is 0 Å². The van der Waals surface area contributed by atoms with Crippen molar-refractivity contribution >= 4 is 34.4 Å². The van der Waals surface area contributed by atoms with E-state index in [1.807, 2.05) is 12.2 Å². The van der Waals surface area contributed by atoms with E-state index in [0.29, 0.717) is 11.8 Å². The first-order valence-corrected chi connectivity index (χ1v) is 16.0. The molecule has 0 bridgehead atoms. The second-order valence-electron chi connectivity index (χ2n) is 10.9. The molecule has 1 atom stereocenters. The summed E-state index contributed by atoms with van der Waals surface area (Å²) in [5.74, 6) is 0.784. The van der Waals surface area contributed by atoms with E-state index in [9.17, 15) is 0 Å². The molecule has 5 aromatic rings. The number of para-hydroxylation sites is 1. The Morgan fingerprint density at radius 3 is 2.15 bits per heavy atom. The fraction of sp³-hybridized carbons (Fsp3) is 0.216. The van der Waals surface area contributed by atoms with Crippen LogP contribution >= 0.6 is 22.7 Å². The summed E-state index contributed by atoms with van der Waals surface area (Å²) in [6.45, 7) is 15.1. The molecule has 5 rings (SSSR count). The maximum absolute atomic E-state index is 5.31. The van der Waals surface area contributed by atoms with Crippen molar-refractivity contribution in [2.45, 2.75) is 52.5 Å². The van der Waals surface area contributed by atoms with Gasteiger partial charge in [0.2, 0.25) is 0 Å². The number of allylic oxidation sites excluding steroid dienone is 2. The molecule has 3 aromatic carbocycles. The van der Waals surface area contributed by atoms with Gasteiger partial charge in [-0.2, -0.15) is 0 Å². The van der Waals surface area contributed by atoms with Crippen LogP contribution in [0.1, 0.15) is 77.0 Å². The number of hydrogen-bond donors (Lipinski definition) is 1. The highest BCUT2D eigenvalue weighted by Gasteiger charge is 2.25. The number of nitrogens with one attached hydrogen (secondary N) is 1. The number of anilines is 1. The van der Waals surface area contributed by atoms with Gasteiger partial charge in [0.25, 0.3) is 0 Å². The third-order valence-corrected chi connectivity index (χ3v) is 9.32. The molecule has 2 heterocycles. The van der Waals surface area contributed by atoms with Gasteiger partial charge in [-0.25, -0.2) is 4.98 Å². The maximum Gasteiger partial charge on any atom is 0.120 e. The Balaban J connectivity index is 1.67. The Morgan fingerprint density at radius 1 is 0.805 bits per heavy atom. The molecule has 2 nitrogen and oxygen atoms in total. The highest BCUT2D eigenvalue weighted by atomic mass is 32.1. The average molecular weight is 575 g/mol. The van der Waals surface area contributed by atoms with Crippen molar-refractivity contribution in [3.63, 3.8) is 0 Å². The van der Waals surface area contributed by atoms with E-state index in [2.05, 4.69) is 137 Å². The molecule has 0 aliphatic carbocycles. The predicted octanol–water partition coefficient (Wildman–Crippen LogP) is 11.5. The van der Waals surface area contributed by atoms with Crippen LogP contribution in [-0.4, -0.2) is 4.98 Å². The molecule has 208 valence electrons. The topological polar surface area (TPSA) is 24.9 Å². The van der Waals surface area contributed by atoms with E-state index >= 15 is 0 Å².